The summed E-state index contributed by atoms with van der Waals surface area (Å²) in [4.78, 5) is 14.6. The van der Waals surface area contributed by atoms with Crippen molar-refractivity contribution in [3.63, 3.8) is 0 Å². The van der Waals surface area contributed by atoms with Crippen molar-refractivity contribution < 1.29 is 9.18 Å². The number of benzene rings is 1. The fourth-order valence-electron chi connectivity index (χ4n) is 2.99. The minimum absolute atomic E-state index is 0.130. The predicted molar refractivity (Wildman–Crippen MR) is 86.2 cm³/mol. The molecule has 0 saturated carbocycles. The third-order valence-electron chi connectivity index (χ3n) is 4.17. The Hall–Kier alpha value is -1.87. The fraction of sp³-hybridized carbons (Fsp3) is 0.278. The quantitative estimate of drug-likeness (QED) is 0.760. The van der Waals surface area contributed by atoms with Gasteiger partial charge in [0.25, 0.3) is 5.91 Å². The molecule has 1 aromatic rings. The Morgan fingerprint density at radius 1 is 1.41 bits per heavy atom. The molecule has 1 atom stereocenters. The second-order valence-electron chi connectivity index (χ2n) is 5.54. The number of rotatable bonds is 2. The van der Waals surface area contributed by atoms with E-state index in [0.717, 1.165) is 17.7 Å². The van der Waals surface area contributed by atoms with Crippen molar-refractivity contribution in [3.8, 4) is 0 Å². The van der Waals surface area contributed by atoms with Crippen LogP contribution in [0.2, 0.25) is 5.02 Å². The van der Waals surface area contributed by atoms with Gasteiger partial charge in [-0.25, -0.2) is 4.39 Å². The number of hydrogen-bond donors (Lipinski definition) is 0. The average molecular weight is 318 g/mol. The van der Waals surface area contributed by atoms with E-state index in [-0.39, 0.29) is 24.1 Å². The predicted octanol–water partition coefficient (Wildman–Crippen LogP) is 4.89. The molecule has 0 bridgehead atoms. The van der Waals surface area contributed by atoms with Crippen LogP contribution in [0.3, 0.4) is 0 Å². The first-order chi connectivity index (χ1) is 10.6. The molecule has 0 aromatic heterocycles. The molecule has 1 aliphatic carbocycles. The van der Waals surface area contributed by atoms with E-state index in [1.807, 2.05) is 6.08 Å². The molecular formula is C18H17ClFNO. The average Bonchev–Trinajstić information content (AvgIpc) is 2.73. The highest BCUT2D eigenvalue weighted by Crippen LogP contribution is 2.36. The van der Waals surface area contributed by atoms with Crippen LogP contribution in [0.4, 0.5) is 4.39 Å². The molecule has 1 amide bonds. The van der Waals surface area contributed by atoms with E-state index < -0.39 is 0 Å². The molecule has 1 aliphatic heterocycles. The Labute approximate surface area is 134 Å². The molecule has 3 rings (SSSR count). The second kappa shape index (κ2) is 6.09. The minimum Gasteiger partial charge on any atom is -0.307 e. The molecule has 2 aliphatic rings. The Bertz CT molecular complexity index is 705. The van der Waals surface area contributed by atoms with Crippen molar-refractivity contribution in [3.05, 3.63) is 70.2 Å². The Morgan fingerprint density at radius 3 is 2.91 bits per heavy atom. The summed E-state index contributed by atoms with van der Waals surface area (Å²) < 4.78 is 13.8. The van der Waals surface area contributed by atoms with Gasteiger partial charge >= 0.3 is 0 Å². The maximum Gasteiger partial charge on any atom is 0.259 e. The summed E-state index contributed by atoms with van der Waals surface area (Å²) in [6.45, 7) is 2.62. The molecule has 1 unspecified atom stereocenters. The summed E-state index contributed by atoms with van der Waals surface area (Å²) in [6.07, 6.45) is 6.34. The van der Waals surface area contributed by atoms with Gasteiger partial charge in [-0.15, -0.1) is 0 Å². The van der Waals surface area contributed by atoms with Gasteiger partial charge in [0, 0.05) is 24.6 Å². The van der Waals surface area contributed by atoms with Crippen LogP contribution in [0.5, 0.6) is 0 Å². The zero-order valence-electron chi connectivity index (χ0n) is 12.4. The smallest absolute Gasteiger partial charge is 0.259 e. The van der Waals surface area contributed by atoms with E-state index in [1.165, 1.54) is 0 Å². The highest BCUT2D eigenvalue weighted by molar-refractivity contribution is 6.33. The molecule has 22 heavy (non-hydrogen) atoms. The van der Waals surface area contributed by atoms with Crippen molar-refractivity contribution in [2.75, 3.05) is 6.54 Å². The topological polar surface area (TPSA) is 20.3 Å². The van der Waals surface area contributed by atoms with Crippen LogP contribution in [-0.2, 0) is 0 Å². The Kier molecular flexibility index (Phi) is 4.16. The summed E-state index contributed by atoms with van der Waals surface area (Å²) in [5.41, 5.74) is 2.19. The lowest BCUT2D eigenvalue weighted by molar-refractivity contribution is 0.0814. The van der Waals surface area contributed by atoms with Gasteiger partial charge in [0.2, 0.25) is 0 Å². The maximum atomic E-state index is 13.8. The molecule has 0 fully saturated rings. The molecule has 1 aromatic carbocycles. The van der Waals surface area contributed by atoms with Gasteiger partial charge < -0.3 is 4.90 Å². The summed E-state index contributed by atoms with van der Waals surface area (Å²) in [7, 11) is 0. The summed E-state index contributed by atoms with van der Waals surface area (Å²) in [5.74, 6) is -0.129. The van der Waals surface area contributed by atoms with E-state index in [9.17, 15) is 9.18 Å². The Morgan fingerprint density at radius 2 is 2.18 bits per heavy atom. The monoisotopic (exact) mass is 317 g/mol. The van der Waals surface area contributed by atoms with E-state index in [0.29, 0.717) is 17.1 Å². The molecule has 1 heterocycles. The van der Waals surface area contributed by atoms with Crippen LogP contribution >= 0.6 is 11.6 Å². The molecule has 0 N–H and O–H groups in total. The first-order valence-corrected chi connectivity index (χ1v) is 7.82. The molecule has 114 valence electrons. The van der Waals surface area contributed by atoms with Gasteiger partial charge in [-0.05, 0) is 36.3 Å². The van der Waals surface area contributed by atoms with Crippen molar-refractivity contribution in [1.82, 2.24) is 4.90 Å². The zero-order valence-corrected chi connectivity index (χ0v) is 13.1. The van der Waals surface area contributed by atoms with Crippen LogP contribution in [-0.4, -0.2) is 17.4 Å². The van der Waals surface area contributed by atoms with E-state index in [4.69, 9.17) is 11.6 Å². The van der Waals surface area contributed by atoms with Gasteiger partial charge in [-0.3, -0.25) is 4.79 Å². The normalized spacial score (nSPS) is 20.8. The molecule has 0 saturated heterocycles. The van der Waals surface area contributed by atoms with Crippen LogP contribution in [0, 0.1) is 5.92 Å². The van der Waals surface area contributed by atoms with E-state index in [1.54, 1.807) is 41.3 Å². The van der Waals surface area contributed by atoms with Crippen LogP contribution in [0.1, 0.15) is 30.1 Å². The van der Waals surface area contributed by atoms with E-state index >= 15 is 0 Å². The van der Waals surface area contributed by atoms with Crippen LogP contribution in [0.25, 0.3) is 0 Å². The largest absolute Gasteiger partial charge is 0.307 e. The van der Waals surface area contributed by atoms with Crippen molar-refractivity contribution in [1.29, 1.82) is 0 Å². The summed E-state index contributed by atoms with van der Waals surface area (Å²) >= 11 is 6.14. The second-order valence-corrected chi connectivity index (χ2v) is 5.95. The number of hydrogen-bond acceptors (Lipinski definition) is 1. The van der Waals surface area contributed by atoms with Crippen molar-refractivity contribution in [2.45, 2.75) is 19.8 Å². The highest BCUT2D eigenvalue weighted by atomic mass is 35.5. The van der Waals surface area contributed by atoms with Gasteiger partial charge in [0.15, 0.2) is 0 Å². The lowest BCUT2D eigenvalue weighted by Crippen LogP contribution is -2.29. The third-order valence-corrected chi connectivity index (χ3v) is 4.50. The number of nitrogens with zero attached hydrogens (tertiary/aromatic N) is 1. The summed E-state index contributed by atoms with van der Waals surface area (Å²) in [6, 6.07) is 7.03. The van der Waals surface area contributed by atoms with Gasteiger partial charge in [0.1, 0.15) is 5.83 Å². The maximum absolute atomic E-state index is 13.8. The molecule has 4 heteroatoms. The van der Waals surface area contributed by atoms with Gasteiger partial charge in [-0.1, -0.05) is 36.7 Å². The minimum atomic E-state index is -0.160. The SMILES string of the molecule is CCC1CN(C(=O)c2ccccc2Cl)C2=C1C=C(F)CC=C2. The third kappa shape index (κ3) is 2.61. The first-order valence-electron chi connectivity index (χ1n) is 7.45. The Balaban J connectivity index is 2.02. The van der Waals surface area contributed by atoms with Crippen LogP contribution in [0.15, 0.2) is 59.6 Å². The first kappa shape index (κ1) is 15.0. The van der Waals surface area contributed by atoms with Crippen molar-refractivity contribution >= 4 is 17.5 Å². The number of carbonyl (C=O) groups is 1. The van der Waals surface area contributed by atoms with Gasteiger partial charge in [0.05, 0.1) is 10.6 Å². The fourth-order valence-corrected chi connectivity index (χ4v) is 3.21. The molecule has 2 nitrogen and oxygen atoms in total. The number of amides is 1. The molecule has 0 spiro atoms. The van der Waals surface area contributed by atoms with Crippen molar-refractivity contribution in [2.24, 2.45) is 5.92 Å². The number of allylic oxidation sites excluding steroid dienone is 4. The van der Waals surface area contributed by atoms with E-state index in [2.05, 4.69) is 6.92 Å². The van der Waals surface area contributed by atoms with Gasteiger partial charge in [-0.2, -0.15) is 0 Å². The molecule has 0 radical (unpaired) electrons. The lowest BCUT2D eigenvalue weighted by atomic mass is 9.98. The number of carbonyl (C=O) groups excluding carboxylic acids is 1. The standard InChI is InChI=1S/C18H17ClFNO/c1-2-12-11-21(17-9-5-6-13(20)10-15(12)17)18(22)14-7-3-4-8-16(14)19/h3-5,7-10,12H,2,6,11H2,1H3. The highest BCUT2D eigenvalue weighted by Gasteiger charge is 2.33. The number of halogens is 2. The molecular weight excluding hydrogens is 301 g/mol. The van der Waals surface area contributed by atoms with Crippen LogP contribution < -0.4 is 0 Å². The summed E-state index contributed by atoms with van der Waals surface area (Å²) in [5, 5.41) is 0.439. The zero-order chi connectivity index (χ0) is 15.7. The lowest BCUT2D eigenvalue weighted by Gasteiger charge is -2.20.